The normalized spacial score (nSPS) is 12.1. The van der Waals surface area contributed by atoms with Gasteiger partial charge in [-0.2, -0.15) is 4.31 Å². The van der Waals surface area contributed by atoms with Crippen LogP contribution in [0.25, 0.3) is 0 Å². The first-order chi connectivity index (χ1) is 13.6. The molecule has 29 heavy (non-hydrogen) atoms. The molecule has 0 aromatic heterocycles. The van der Waals surface area contributed by atoms with E-state index >= 15 is 0 Å². The van der Waals surface area contributed by atoms with Crippen LogP contribution in [0.3, 0.4) is 0 Å². The molecule has 1 amide bonds. The SMILES string of the molecule is CCN(CC)S(=O)(=O)c1ccc(NC(=O)CNc2ccccc2C(C)(C)C)cc1. The average molecular weight is 418 g/mol. The van der Waals surface area contributed by atoms with Crippen LogP contribution in [0.4, 0.5) is 11.4 Å². The summed E-state index contributed by atoms with van der Waals surface area (Å²) in [7, 11) is -3.50. The third-order valence-corrected chi connectivity index (χ3v) is 6.72. The highest BCUT2D eigenvalue weighted by Crippen LogP contribution is 2.29. The summed E-state index contributed by atoms with van der Waals surface area (Å²) in [5.41, 5.74) is 2.58. The zero-order chi connectivity index (χ0) is 21.7. The number of benzene rings is 2. The zero-order valence-electron chi connectivity index (χ0n) is 17.8. The van der Waals surface area contributed by atoms with E-state index in [0.29, 0.717) is 18.8 Å². The summed E-state index contributed by atoms with van der Waals surface area (Å²) in [6.07, 6.45) is 0. The Morgan fingerprint density at radius 1 is 0.966 bits per heavy atom. The minimum Gasteiger partial charge on any atom is -0.376 e. The van der Waals surface area contributed by atoms with Crippen LogP contribution in [0.1, 0.15) is 40.2 Å². The number of amides is 1. The molecule has 0 saturated carbocycles. The summed E-state index contributed by atoms with van der Waals surface area (Å²) < 4.78 is 26.5. The van der Waals surface area contributed by atoms with Gasteiger partial charge in [0.15, 0.2) is 0 Å². The van der Waals surface area contributed by atoms with E-state index in [2.05, 4.69) is 37.5 Å². The van der Waals surface area contributed by atoms with Gasteiger partial charge in [0, 0.05) is 24.5 Å². The van der Waals surface area contributed by atoms with Crippen molar-refractivity contribution in [2.24, 2.45) is 0 Å². The van der Waals surface area contributed by atoms with E-state index in [1.54, 1.807) is 26.0 Å². The Morgan fingerprint density at radius 3 is 2.10 bits per heavy atom. The van der Waals surface area contributed by atoms with Crippen LogP contribution in [0.15, 0.2) is 53.4 Å². The highest BCUT2D eigenvalue weighted by Gasteiger charge is 2.21. The van der Waals surface area contributed by atoms with Crippen molar-refractivity contribution >= 4 is 27.3 Å². The van der Waals surface area contributed by atoms with Crippen molar-refractivity contribution < 1.29 is 13.2 Å². The Labute approximate surface area is 174 Å². The number of rotatable bonds is 8. The van der Waals surface area contributed by atoms with Gasteiger partial charge in [0.05, 0.1) is 11.4 Å². The van der Waals surface area contributed by atoms with Gasteiger partial charge in [-0.15, -0.1) is 0 Å². The molecule has 0 heterocycles. The first kappa shape index (κ1) is 22.9. The third kappa shape index (κ3) is 5.81. The maximum atomic E-state index is 12.5. The van der Waals surface area contributed by atoms with Gasteiger partial charge >= 0.3 is 0 Å². The molecule has 0 spiro atoms. The molecule has 2 N–H and O–H groups in total. The molecule has 7 heteroatoms. The molecule has 0 radical (unpaired) electrons. The van der Waals surface area contributed by atoms with Crippen molar-refractivity contribution in [1.82, 2.24) is 4.31 Å². The predicted molar refractivity (Wildman–Crippen MR) is 119 cm³/mol. The van der Waals surface area contributed by atoms with Gasteiger partial charge in [-0.25, -0.2) is 8.42 Å². The van der Waals surface area contributed by atoms with Gasteiger partial charge < -0.3 is 10.6 Å². The van der Waals surface area contributed by atoms with Crippen LogP contribution in [0, 0.1) is 0 Å². The summed E-state index contributed by atoms with van der Waals surface area (Å²) in [6.45, 7) is 10.9. The first-order valence-corrected chi connectivity index (χ1v) is 11.3. The van der Waals surface area contributed by atoms with Crippen LogP contribution >= 0.6 is 0 Å². The Morgan fingerprint density at radius 2 is 1.55 bits per heavy atom. The van der Waals surface area contributed by atoms with Crippen molar-refractivity contribution in [2.45, 2.75) is 44.9 Å². The molecule has 0 fully saturated rings. The number of para-hydroxylation sites is 1. The van der Waals surface area contributed by atoms with Crippen LogP contribution in [0.5, 0.6) is 0 Å². The van der Waals surface area contributed by atoms with Gasteiger partial charge in [0.2, 0.25) is 15.9 Å². The molecule has 0 aliphatic rings. The van der Waals surface area contributed by atoms with Crippen molar-refractivity contribution in [3.8, 4) is 0 Å². The summed E-state index contributed by atoms with van der Waals surface area (Å²) >= 11 is 0. The summed E-state index contributed by atoms with van der Waals surface area (Å²) in [5.74, 6) is -0.201. The second kappa shape index (κ2) is 9.41. The van der Waals surface area contributed by atoms with Crippen molar-refractivity contribution in [2.75, 3.05) is 30.3 Å². The van der Waals surface area contributed by atoms with E-state index in [1.807, 2.05) is 18.2 Å². The van der Waals surface area contributed by atoms with E-state index in [4.69, 9.17) is 0 Å². The Kier molecular flexibility index (Phi) is 7.43. The minimum absolute atomic E-state index is 0.0355. The lowest BCUT2D eigenvalue weighted by Crippen LogP contribution is -2.30. The molecular formula is C22H31N3O3S. The summed E-state index contributed by atoms with van der Waals surface area (Å²) in [6, 6.07) is 14.2. The number of carbonyl (C=O) groups is 1. The fraction of sp³-hybridized carbons (Fsp3) is 0.409. The lowest BCUT2D eigenvalue weighted by molar-refractivity contribution is -0.114. The van der Waals surface area contributed by atoms with E-state index in [-0.39, 0.29) is 22.8 Å². The second-order valence-electron chi connectivity index (χ2n) is 7.81. The quantitative estimate of drug-likeness (QED) is 0.679. The van der Waals surface area contributed by atoms with E-state index in [0.717, 1.165) is 11.3 Å². The van der Waals surface area contributed by atoms with Gasteiger partial charge in [0.25, 0.3) is 0 Å². The molecule has 0 unspecified atom stereocenters. The molecule has 0 atom stereocenters. The lowest BCUT2D eigenvalue weighted by Gasteiger charge is -2.23. The van der Waals surface area contributed by atoms with E-state index in [9.17, 15) is 13.2 Å². The molecule has 0 aliphatic carbocycles. The smallest absolute Gasteiger partial charge is 0.243 e. The van der Waals surface area contributed by atoms with Gasteiger partial charge in [-0.3, -0.25) is 4.79 Å². The van der Waals surface area contributed by atoms with Crippen molar-refractivity contribution in [1.29, 1.82) is 0 Å². The van der Waals surface area contributed by atoms with E-state index < -0.39 is 10.0 Å². The molecule has 2 aromatic rings. The van der Waals surface area contributed by atoms with Crippen LogP contribution in [0.2, 0.25) is 0 Å². The zero-order valence-corrected chi connectivity index (χ0v) is 18.6. The third-order valence-electron chi connectivity index (χ3n) is 4.66. The van der Waals surface area contributed by atoms with Crippen LogP contribution in [-0.2, 0) is 20.2 Å². The molecule has 0 bridgehead atoms. The standard InChI is InChI=1S/C22H31N3O3S/c1-6-25(7-2)29(27,28)18-14-12-17(13-15-18)24-21(26)16-23-20-11-9-8-10-19(20)22(3,4)5/h8-15,23H,6-7,16H2,1-5H3,(H,24,26). The fourth-order valence-electron chi connectivity index (χ4n) is 3.09. The number of nitrogens with zero attached hydrogens (tertiary/aromatic N) is 1. The first-order valence-electron chi connectivity index (χ1n) is 9.83. The van der Waals surface area contributed by atoms with Crippen molar-refractivity contribution in [3.05, 3.63) is 54.1 Å². The maximum absolute atomic E-state index is 12.5. The fourth-order valence-corrected chi connectivity index (χ4v) is 4.55. The number of nitrogens with one attached hydrogen (secondary N) is 2. The monoisotopic (exact) mass is 417 g/mol. The molecule has 6 nitrogen and oxygen atoms in total. The van der Waals surface area contributed by atoms with Gasteiger partial charge in [0.1, 0.15) is 0 Å². The number of hydrogen-bond acceptors (Lipinski definition) is 4. The largest absolute Gasteiger partial charge is 0.376 e. The molecule has 158 valence electrons. The number of anilines is 2. The van der Waals surface area contributed by atoms with E-state index in [1.165, 1.54) is 16.4 Å². The number of carbonyl (C=O) groups excluding carboxylic acids is 1. The minimum atomic E-state index is -3.50. The molecule has 0 saturated heterocycles. The second-order valence-corrected chi connectivity index (χ2v) is 9.75. The molecular weight excluding hydrogens is 386 g/mol. The molecule has 2 aromatic carbocycles. The summed E-state index contributed by atoms with van der Waals surface area (Å²) in [4.78, 5) is 12.5. The lowest BCUT2D eigenvalue weighted by atomic mass is 9.86. The highest BCUT2D eigenvalue weighted by molar-refractivity contribution is 7.89. The van der Waals surface area contributed by atoms with Gasteiger partial charge in [-0.1, -0.05) is 52.8 Å². The van der Waals surface area contributed by atoms with Crippen molar-refractivity contribution in [3.63, 3.8) is 0 Å². The van der Waals surface area contributed by atoms with Gasteiger partial charge in [-0.05, 0) is 41.3 Å². The predicted octanol–water partition coefficient (Wildman–Crippen LogP) is 4.07. The topological polar surface area (TPSA) is 78.5 Å². The Balaban J connectivity index is 2.02. The summed E-state index contributed by atoms with van der Waals surface area (Å²) in [5, 5.41) is 5.99. The highest BCUT2D eigenvalue weighted by atomic mass is 32.2. The number of sulfonamides is 1. The molecule has 0 aliphatic heterocycles. The average Bonchev–Trinajstić information content (AvgIpc) is 2.67. The maximum Gasteiger partial charge on any atom is 0.243 e. The Hall–Kier alpha value is -2.38. The molecule has 2 rings (SSSR count). The Bertz CT molecular complexity index is 929. The number of hydrogen-bond donors (Lipinski definition) is 2. The van der Waals surface area contributed by atoms with Crippen LogP contribution in [-0.4, -0.2) is 38.3 Å². The van der Waals surface area contributed by atoms with Crippen LogP contribution < -0.4 is 10.6 Å².